The van der Waals surface area contributed by atoms with Crippen LogP contribution in [0.4, 0.5) is 5.69 Å². The van der Waals surface area contributed by atoms with Crippen molar-refractivity contribution in [2.24, 2.45) is 0 Å². The van der Waals surface area contributed by atoms with E-state index in [4.69, 9.17) is 4.74 Å². The Bertz CT molecular complexity index is 614. The van der Waals surface area contributed by atoms with Crippen molar-refractivity contribution in [2.75, 3.05) is 23.7 Å². The molecule has 1 heterocycles. The molecule has 0 amide bonds. The molecule has 0 aromatic heterocycles. The third-order valence-corrected chi connectivity index (χ3v) is 6.16. The first-order chi connectivity index (χ1) is 10.5. The molecule has 1 atom stereocenters. The molecule has 2 aliphatic rings. The first-order valence-corrected chi connectivity index (χ1v) is 9.12. The monoisotopic (exact) mass is 323 g/mol. The summed E-state index contributed by atoms with van der Waals surface area (Å²) in [5, 5.41) is 0. The molecule has 6 heteroatoms. The van der Waals surface area contributed by atoms with E-state index in [2.05, 4.69) is 12.2 Å². The van der Waals surface area contributed by atoms with Gasteiger partial charge in [0.2, 0.25) is 0 Å². The SMILES string of the molecule is COC(=O)c1cc(C2C=CCC2)cc(N2CCCS2(O)O)c1. The summed E-state index contributed by atoms with van der Waals surface area (Å²) in [6.45, 7) is 0.590. The van der Waals surface area contributed by atoms with E-state index in [1.54, 1.807) is 10.4 Å². The fraction of sp³-hybridized carbons (Fsp3) is 0.438. The van der Waals surface area contributed by atoms with Gasteiger partial charge in [0.1, 0.15) is 0 Å². The van der Waals surface area contributed by atoms with E-state index in [-0.39, 0.29) is 5.92 Å². The third kappa shape index (κ3) is 2.86. The number of carbonyl (C=O) groups excluding carboxylic acids is 1. The Labute approximate surface area is 132 Å². The van der Waals surface area contributed by atoms with Crippen LogP contribution in [-0.2, 0) is 4.74 Å². The summed E-state index contributed by atoms with van der Waals surface area (Å²) in [4.78, 5) is 11.9. The molecule has 1 unspecified atom stereocenters. The molecule has 1 aliphatic carbocycles. The number of carbonyl (C=O) groups is 1. The molecule has 0 spiro atoms. The highest BCUT2D eigenvalue weighted by atomic mass is 32.3. The van der Waals surface area contributed by atoms with Gasteiger partial charge < -0.3 is 4.74 Å². The van der Waals surface area contributed by atoms with Crippen molar-refractivity contribution >= 4 is 22.4 Å². The molecule has 5 nitrogen and oxygen atoms in total. The molecule has 1 saturated heterocycles. The highest BCUT2D eigenvalue weighted by molar-refractivity contribution is 8.25. The number of ether oxygens (including phenoxy) is 1. The molecule has 1 aromatic carbocycles. The second-order valence-electron chi connectivity index (χ2n) is 5.71. The molecule has 1 fully saturated rings. The average molecular weight is 323 g/mol. The summed E-state index contributed by atoms with van der Waals surface area (Å²) in [7, 11) is -1.41. The number of anilines is 1. The maximum Gasteiger partial charge on any atom is 0.337 e. The molecule has 1 aliphatic heterocycles. The average Bonchev–Trinajstić information content (AvgIpc) is 3.15. The lowest BCUT2D eigenvalue weighted by atomic mass is 9.96. The molecular weight excluding hydrogens is 302 g/mol. The maximum absolute atomic E-state index is 11.9. The lowest BCUT2D eigenvalue weighted by molar-refractivity contribution is 0.0600. The Morgan fingerprint density at radius 3 is 2.77 bits per heavy atom. The fourth-order valence-electron chi connectivity index (χ4n) is 3.09. The van der Waals surface area contributed by atoms with Gasteiger partial charge in [-0.1, -0.05) is 12.2 Å². The van der Waals surface area contributed by atoms with Crippen LogP contribution in [-0.4, -0.2) is 34.5 Å². The van der Waals surface area contributed by atoms with Gasteiger partial charge in [-0.15, -0.1) is 10.8 Å². The molecular formula is C16H21NO4S. The van der Waals surface area contributed by atoms with E-state index in [9.17, 15) is 13.9 Å². The minimum Gasteiger partial charge on any atom is -0.465 e. The topological polar surface area (TPSA) is 70.0 Å². The predicted octanol–water partition coefficient (Wildman–Crippen LogP) is 3.78. The van der Waals surface area contributed by atoms with Gasteiger partial charge in [-0.2, -0.15) is 0 Å². The van der Waals surface area contributed by atoms with Gasteiger partial charge >= 0.3 is 5.97 Å². The Morgan fingerprint density at radius 2 is 2.18 bits per heavy atom. The van der Waals surface area contributed by atoms with Crippen molar-refractivity contribution < 1.29 is 18.6 Å². The predicted molar refractivity (Wildman–Crippen MR) is 88.6 cm³/mol. The Hall–Kier alpha value is -1.50. The van der Waals surface area contributed by atoms with Crippen LogP contribution in [0.5, 0.6) is 0 Å². The number of methoxy groups -OCH3 is 1. The number of rotatable bonds is 3. The zero-order chi connectivity index (χ0) is 15.7. The molecule has 120 valence electrons. The minimum atomic E-state index is -2.77. The second kappa shape index (κ2) is 5.95. The van der Waals surface area contributed by atoms with Crippen LogP contribution in [0.15, 0.2) is 30.4 Å². The summed E-state index contributed by atoms with van der Waals surface area (Å²) >= 11 is 0. The van der Waals surface area contributed by atoms with Crippen LogP contribution in [0.3, 0.4) is 0 Å². The molecule has 1 aromatic rings. The highest BCUT2D eigenvalue weighted by Crippen LogP contribution is 2.51. The first-order valence-electron chi connectivity index (χ1n) is 7.45. The lowest BCUT2D eigenvalue weighted by Crippen LogP contribution is -2.22. The van der Waals surface area contributed by atoms with E-state index in [1.165, 1.54) is 7.11 Å². The van der Waals surface area contributed by atoms with Gasteiger partial charge in [-0.3, -0.25) is 13.4 Å². The molecule has 3 rings (SSSR count). The molecule has 2 N–H and O–H groups in total. The Morgan fingerprint density at radius 1 is 1.36 bits per heavy atom. The lowest BCUT2D eigenvalue weighted by Gasteiger charge is -2.38. The largest absolute Gasteiger partial charge is 0.465 e. The van der Waals surface area contributed by atoms with Gasteiger partial charge in [0.15, 0.2) is 0 Å². The van der Waals surface area contributed by atoms with E-state index in [0.29, 0.717) is 23.5 Å². The second-order valence-corrected chi connectivity index (χ2v) is 7.82. The van der Waals surface area contributed by atoms with Gasteiger partial charge in [-0.25, -0.2) is 4.79 Å². The van der Waals surface area contributed by atoms with E-state index >= 15 is 0 Å². The maximum atomic E-state index is 11.9. The van der Waals surface area contributed by atoms with Crippen molar-refractivity contribution in [3.63, 3.8) is 0 Å². The summed E-state index contributed by atoms with van der Waals surface area (Å²) in [5.74, 6) is 0.252. The van der Waals surface area contributed by atoms with E-state index in [0.717, 1.165) is 24.8 Å². The number of nitrogens with zero attached hydrogens (tertiary/aromatic N) is 1. The van der Waals surface area contributed by atoms with Crippen molar-refractivity contribution in [2.45, 2.75) is 25.2 Å². The standard InChI is InChI=1S/C16H21NO4S/c1-21-16(18)14-9-13(12-5-2-3-6-12)10-15(11-14)17-7-4-8-22(17,19)20/h2,5,9-12,19-20H,3-4,6-8H2,1H3. The summed E-state index contributed by atoms with van der Waals surface area (Å²) in [6, 6.07) is 5.50. The zero-order valence-electron chi connectivity index (χ0n) is 12.6. The zero-order valence-corrected chi connectivity index (χ0v) is 13.4. The van der Waals surface area contributed by atoms with E-state index < -0.39 is 16.7 Å². The number of hydrogen-bond donors (Lipinski definition) is 2. The van der Waals surface area contributed by atoms with Crippen LogP contribution in [0, 0.1) is 0 Å². The number of benzene rings is 1. The van der Waals surface area contributed by atoms with Gasteiger partial charge in [0.25, 0.3) is 0 Å². The van der Waals surface area contributed by atoms with Crippen molar-refractivity contribution in [3.8, 4) is 0 Å². The summed E-state index contributed by atoms with van der Waals surface area (Å²) in [5.41, 5.74) is 2.17. The van der Waals surface area contributed by atoms with Crippen LogP contribution in [0.2, 0.25) is 0 Å². The van der Waals surface area contributed by atoms with Gasteiger partial charge in [0.05, 0.1) is 24.1 Å². The summed E-state index contributed by atoms with van der Waals surface area (Å²) < 4.78 is 26.8. The third-order valence-electron chi connectivity index (χ3n) is 4.22. The quantitative estimate of drug-likeness (QED) is 0.654. The number of esters is 1. The Balaban J connectivity index is 2.03. The Kier molecular flexibility index (Phi) is 4.16. The first kappa shape index (κ1) is 15.4. The van der Waals surface area contributed by atoms with Crippen LogP contribution >= 0.6 is 10.8 Å². The van der Waals surface area contributed by atoms with Crippen LogP contribution in [0.25, 0.3) is 0 Å². The highest BCUT2D eigenvalue weighted by Gasteiger charge is 2.30. The molecule has 0 saturated carbocycles. The van der Waals surface area contributed by atoms with Gasteiger partial charge in [0, 0.05) is 12.5 Å². The molecule has 0 bridgehead atoms. The van der Waals surface area contributed by atoms with Crippen LogP contribution in [0.1, 0.15) is 41.1 Å². The minimum absolute atomic E-state index is 0.271. The summed E-state index contributed by atoms with van der Waals surface area (Å²) in [6.07, 6.45) is 7.06. The van der Waals surface area contributed by atoms with E-state index in [1.807, 2.05) is 12.1 Å². The van der Waals surface area contributed by atoms with Crippen molar-refractivity contribution in [3.05, 3.63) is 41.5 Å². The van der Waals surface area contributed by atoms with Crippen LogP contribution < -0.4 is 4.31 Å². The number of hydrogen-bond acceptors (Lipinski definition) is 5. The fourth-order valence-corrected chi connectivity index (χ4v) is 4.70. The normalized spacial score (nSPS) is 24.5. The van der Waals surface area contributed by atoms with Crippen molar-refractivity contribution in [1.29, 1.82) is 0 Å². The number of allylic oxidation sites excluding steroid dienone is 2. The smallest absolute Gasteiger partial charge is 0.337 e. The molecule has 0 radical (unpaired) electrons. The van der Waals surface area contributed by atoms with Gasteiger partial charge in [-0.05, 0) is 43.0 Å². The molecule has 22 heavy (non-hydrogen) atoms. The van der Waals surface area contributed by atoms with Crippen molar-refractivity contribution in [1.82, 2.24) is 0 Å².